The fourth-order valence-corrected chi connectivity index (χ4v) is 4.45. The lowest BCUT2D eigenvalue weighted by Gasteiger charge is -2.28. The minimum atomic E-state index is -4.63. The molecule has 2 aromatic carbocycles. The summed E-state index contributed by atoms with van der Waals surface area (Å²) in [5.74, 6) is -0.333. The summed E-state index contributed by atoms with van der Waals surface area (Å²) < 4.78 is 34.1. The summed E-state index contributed by atoms with van der Waals surface area (Å²) >= 11 is 5.98. The van der Waals surface area contributed by atoms with Crippen molar-refractivity contribution in [3.8, 4) is 0 Å². The Hall–Kier alpha value is -4.01. The summed E-state index contributed by atoms with van der Waals surface area (Å²) in [5.41, 5.74) is 0.380. The topological polar surface area (TPSA) is 191 Å². The molecule has 0 saturated heterocycles. The standard InChI is InChI=1S/C27H33ClFN6O8P/c1-35(26(37)33-16-20-8-4-10-22(29)24(20)28)21(9-5-11-30-25(36)31-12-13-43-44(39,40)41)17-42-27(38)34-23-14-18-6-2-3-7-19(18)15-32-23/h2-4,6-8,10,14-15,21H,5,9,11-13,16-17H2,1H3,(H,33,37)(H2,30,31,36)(H,32,34,38)(H2,39,40,41)/t21-/m0/s1. The molecule has 0 saturated carbocycles. The summed E-state index contributed by atoms with van der Waals surface area (Å²) in [6, 6.07) is 11.7. The lowest BCUT2D eigenvalue weighted by atomic mass is 10.1. The van der Waals surface area contributed by atoms with Gasteiger partial charge >= 0.3 is 26.0 Å². The van der Waals surface area contributed by atoms with Crippen molar-refractivity contribution in [3.63, 3.8) is 0 Å². The molecule has 0 radical (unpaired) electrons. The summed E-state index contributed by atoms with van der Waals surface area (Å²) in [5, 5.41) is 11.9. The van der Waals surface area contributed by atoms with E-state index in [1.54, 1.807) is 18.3 Å². The number of likely N-dealkylation sites (N-methyl/N-ethyl adjacent to an activating group) is 1. The molecule has 1 aromatic heterocycles. The first-order valence-corrected chi connectivity index (χ1v) is 15.3. The monoisotopic (exact) mass is 654 g/mol. The Morgan fingerprint density at radius 1 is 1.07 bits per heavy atom. The second-order valence-electron chi connectivity index (χ2n) is 9.43. The van der Waals surface area contributed by atoms with E-state index >= 15 is 0 Å². The van der Waals surface area contributed by atoms with Crippen LogP contribution in [0.1, 0.15) is 18.4 Å². The molecule has 3 aromatic rings. The van der Waals surface area contributed by atoms with Gasteiger partial charge in [-0.1, -0.05) is 48.0 Å². The number of nitrogens with zero attached hydrogens (tertiary/aromatic N) is 2. The minimum Gasteiger partial charge on any atom is -0.447 e. The van der Waals surface area contributed by atoms with Gasteiger partial charge in [-0.2, -0.15) is 0 Å². The van der Waals surface area contributed by atoms with Crippen LogP contribution in [0.2, 0.25) is 5.02 Å². The van der Waals surface area contributed by atoms with Gasteiger partial charge in [0, 0.05) is 38.3 Å². The highest BCUT2D eigenvalue weighted by Crippen LogP contribution is 2.35. The van der Waals surface area contributed by atoms with Gasteiger partial charge in [0.15, 0.2) is 0 Å². The van der Waals surface area contributed by atoms with Crippen LogP contribution in [0.4, 0.5) is 24.6 Å². The molecule has 1 heterocycles. The van der Waals surface area contributed by atoms with Crippen LogP contribution in [0.15, 0.2) is 54.7 Å². The van der Waals surface area contributed by atoms with Crippen LogP contribution >= 0.6 is 19.4 Å². The second kappa shape index (κ2) is 16.7. The first-order chi connectivity index (χ1) is 20.9. The van der Waals surface area contributed by atoms with E-state index < -0.39 is 37.8 Å². The van der Waals surface area contributed by atoms with Gasteiger partial charge < -0.3 is 35.4 Å². The Morgan fingerprint density at radius 2 is 1.80 bits per heavy atom. The molecule has 0 bridgehead atoms. The molecule has 3 rings (SSSR count). The molecule has 238 valence electrons. The van der Waals surface area contributed by atoms with Crippen LogP contribution < -0.4 is 21.3 Å². The molecule has 0 aliphatic carbocycles. The number of amides is 5. The van der Waals surface area contributed by atoms with Crippen molar-refractivity contribution in [2.75, 3.05) is 38.7 Å². The zero-order chi connectivity index (χ0) is 32.1. The van der Waals surface area contributed by atoms with Crippen molar-refractivity contribution in [2.45, 2.75) is 25.4 Å². The van der Waals surface area contributed by atoms with Crippen molar-refractivity contribution in [2.24, 2.45) is 0 Å². The SMILES string of the molecule is CN(C(=O)NCc1cccc(F)c1Cl)[C@@H](CCCNC(=O)NCCOP(=O)(O)O)COC(=O)Nc1cc2ccccc2cn1. The number of phosphoric ester groups is 1. The van der Waals surface area contributed by atoms with Crippen LogP contribution in [0.25, 0.3) is 10.8 Å². The molecule has 0 spiro atoms. The highest BCUT2D eigenvalue weighted by Gasteiger charge is 2.22. The Bertz CT molecular complexity index is 1500. The van der Waals surface area contributed by atoms with E-state index in [1.807, 2.05) is 24.3 Å². The highest BCUT2D eigenvalue weighted by molar-refractivity contribution is 7.46. The molecule has 1 atom stereocenters. The fourth-order valence-electron chi connectivity index (χ4n) is 3.93. The molecule has 14 nitrogen and oxygen atoms in total. The van der Waals surface area contributed by atoms with Crippen LogP contribution in [-0.2, 0) is 20.4 Å². The number of carbonyl (C=O) groups is 3. The maximum Gasteiger partial charge on any atom is 0.469 e. The van der Waals surface area contributed by atoms with E-state index in [1.165, 1.54) is 24.1 Å². The van der Waals surface area contributed by atoms with Crippen LogP contribution in [0.3, 0.4) is 0 Å². The minimum absolute atomic E-state index is 0.0467. The molecule has 44 heavy (non-hydrogen) atoms. The quantitative estimate of drug-likeness (QED) is 0.110. The number of phosphoric acid groups is 1. The summed E-state index contributed by atoms with van der Waals surface area (Å²) in [6.07, 6.45) is 1.49. The number of rotatable bonds is 14. The van der Waals surface area contributed by atoms with Crippen LogP contribution in [-0.4, -0.2) is 77.2 Å². The van der Waals surface area contributed by atoms with E-state index in [9.17, 15) is 23.3 Å². The van der Waals surface area contributed by atoms with E-state index in [4.69, 9.17) is 26.1 Å². The maximum atomic E-state index is 13.8. The first kappa shape index (κ1) is 34.5. The number of fused-ring (bicyclic) bond motifs is 1. The Balaban J connectivity index is 1.54. The number of aromatic nitrogens is 1. The third kappa shape index (κ3) is 11.6. The summed E-state index contributed by atoms with van der Waals surface area (Å²) in [4.78, 5) is 60.3. The predicted octanol–water partition coefficient (Wildman–Crippen LogP) is 3.97. The normalized spacial score (nSPS) is 11.8. The zero-order valence-corrected chi connectivity index (χ0v) is 25.3. The fraction of sp³-hybridized carbons (Fsp3) is 0.333. The molecule has 0 aliphatic heterocycles. The molecule has 0 aliphatic rings. The molecule has 0 unspecified atom stereocenters. The van der Waals surface area contributed by atoms with Crippen molar-refractivity contribution >= 4 is 54.2 Å². The lowest BCUT2D eigenvalue weighted by molar-refractivity contribution is 0.113. The number of urea groups is 2. The van der Waals surface area contributed by atoms with E-state index in [0.717, 1.165) is 10.8 Å². The Morgan fingerprint density at radius 3 is 2.55 bits per heavy atom. The van der Waals surface area contributed by atoms with Gasteiger partial charge in [-0.25, -0.2) is 28.3 Å². The van der Waals surface area contributed by atoms with Gasteiger partial charge in [-0.15, -0.1) is 0 Å². The molecular formula is C27H33ClFN6O8P. The Kier molecular flexibility index (Phi) is 13.1. The number of halogens is 2. The van der Waals surface area contributed by atoms with E-state index in [-0.39, 0.29) is 43.7 Å². The average molecular weight is 655 g/mol. The van der Waals surface area contributed by atoms with Crippen molar-refractivity contribution in [1.29, 1.82) is 0 Å². The molecule has 6 N–H and O–H groups in total. The molecule has 0 fully saturated rings. The van der Waals surface area contributed by atoms with Crippen LogP contribution in [0, 0.1) is 5.82 Å². The predicted molar refractivity (Wildman–Crippen MR) is 161 cm³/mol. The third-order valence-electron chi connectivity index (χ3n) is 6.24. The number of nitrogens with one attached hydrogen (secondary N) is 4. The van der Waals surface area contributed by atoms with Crippen molar-refractivity contribution in [3.05, 3.63) is 71.1 Å². The van der Waals surface area contributed by atoms with Crippen molar-refractivity contribution in [1.82, 2.24) is 25.8 Å². The van der Waals surface area contributed by atoms with Gasteiger partial charge in [0.2, 0.25) is 0 Å². The number of hydrogen-bond donors (Lipinski definition) is 6. The molecular weight excluding hydrogens is 622 g/mol. The van der Waals surface area contributed by atoms with E-state index in [0.29, 0.717) is 18.4 Å². The first-order valence-electron chi connectivity index (χ1n) is 13.4. The van der Waals surface area contributed by atoms with E-state index in [2.05, 4.69) is 30.8 Å². The number of ether oxygens (including phenoxy) is 1. The number of anilines is 1. The number of carbonyl (C=O) groups excluding carboxylic acids is 3. The summed E-state index contributed by atoms with van der Waals surface area (Å²) in [7, 11) is -3.13. The summed E-state index contributed by atoms with van der Waals surface area (Å²) in [6.45, 7) is -0.588. The van der Waals surface area contributed by atoms with Crippen LogP contribution in [0.5, 0.6) is 0 Å². The Labute approximate surface area is 257 Å². The largest absolute Gasteiger partial charge is 0.469 e. The second-order valence-corrected chi connectivity index (χ2v) is 11.0. The van der Waals surface area contributed by atoms with Gasteiger partial charge in [0.1, 0.15) is 18.2 Å². The van der Waals surface area contributed by atoms with Gasteiger partial charge in [0.05, 0.1) is 17.7 Å². The third-order valence-corrected chi connectivity index (χ3v) is 7.19. The van der Waals surface area contributed by atoms with Gasteiger partial charge in [-0.05, 0) is 35.9 Å². The molecule has 5 amide bonds. The van der Waals surface area contributed by atoms with Crippen molar-refractivity contribution < 1.29 is 42.4 Å². The number of hydrogen-bond acceptors (Lipinski definition) is 7. The number of benzene rings is 2. The molecule has 17 heteroatoms. The average Bonchev–Trinajstić information content (AvgIpc) is 2.98. The highest BCUT2D eigenvalue weighted by atomic mass is 35.5. The lowest BCUT2D eigenvalue weighted by Crippen LogP contribution is -2.46. The van der Waals surface area contributed by atoms with Gasteiger partial charge in [0.25, 0.3) is 0 Å². The smallest absolute Gasteiger partial charge is 0.447 e. The van der Waals surface area contributed by atoms with Gasteiger partial charge in [-0.3, -0.25) is 9.84 Å². The zero-order valence-electron chi connectivity index (χ0n) is 23.7. The number of pyridine rings is 1. The maximum absolute atomic E-state index is 13.8.